The predicted molar refractivity (Wildman–Crippen MR) is 115 cm³/mol. The zero-order valence-electron chi connectivity index (χ0n) is 17.4. The van der Waals surface area contributed by atoms with Gasteiger partial charge in [-0.15, -0.1) is 10.2 Å². The number of ether oxygens (including phenoxy) is 2. The molecule has 8 nitrogen and oxygen atoms in total. The van der Waals surface area contributed by atoms with E-state index < -0.39 is 0 Å². The van der Waals surface area contributed by atoms with Gasteiger partial charge >= 0.3 is 0 Å². The maximum Gasteiger partial charge on any atom is 0.230 e. The van der Waals surface area contributed by atoms with Gasteiger partial charge < -0.3 is 20.6 Å². The highest BCUT2D eigenvalue weighted by atomic mass is 32.2. The lowest BCUT2D eigenvalue weighted by atomic mass is 9.84. The van der Waals surface area contributed by atoms with Crippen LogP contribution in [0.4, 0.5) is 0 Å². The fraction of sp³-hybridized carbons (Fsp3) is 0.571. The molecular weight excluding hydrogens is 402 g/mol. The number of carbonyl (C=O) groups is 1. The second kappa shape index (κ2) is 9.16. The molecule has 30 heavy (non-hydrogen) atoms. The fourth-order valence-corrected chi connectivity index (χ4v) is 5.47. The number of nitrogens with zero attached hydrogens (tertiary/aromatic N) is 3. The van der Waals surface area contributed by atoms with Crippen LogP contribution in [0.15, 0.2) is 29.4 Å². The molecule has 2 fully saturated rings. The van der Waals surface area contributed by atoms with Gasteiger partial charge in [0.05, 0.1) is 12.9 Å². The van der Waals surface area contributed by atoms with Gasteiger partial charge in [-0.3, -0.25) is 4.79 Å². The van der Waals surface area contributed by atoms with Crippen LogP contribution in [0.5, 0.6) is 11.5 Å². The minimum Gasteiger partial charge on any atom is -0.497 e. The number of amides is 1. The Bertz CT molecular complexity index is 889. The number of hydrogen-bond donors (Lipinski definition) is 2. The van der Waals surface area contributed by atoms with Gasteiger partial charge in [-0.05, 0) is 56.1 Å². The molecule has 2 aliphatic carbocycles. The molecule has 0 aliphatic heterocycles. The third kappa shape index (κ3) is 4.66. The number of nitrogens with one attached hydrogen (secondary N) is 1. The van der Waals surface area contributed by atoms with E-state index in [1.54, 1.807) is 13.2 Å². The summed E-state index contributed by atoms with van der Waals surface area (Å²) in [5.41, 5.74) is 0. The second-order valence-corrected chi connectivity index (χ2v) is 9.16. The lowest BCUT2D eigenvalue weighted by Gasteiger charge is -2.28. The molecule has 4 unspecified atom stereocenters. The predicted octanol–water partition coefficient (Wildman–Crippen LogP) is 2.61. The molecule has 0 spiro atoms. The Hall–Kier alpha value is -2.42. The van der Waals surface area contributed by atoms with Crippen molar-refractivity contribution >= 4 is 17.7 Å². The Kier molecular flexibility index (Phi) is 6.36. The van der Waals surface area contributed by atoms with Crippen LogP contribution < -0.4 is 20.6 Å². The van der Waals surface area contributed by atoms with E-state index in [1.165, 1.54) is 42.1 Å². The van der Waals surface area contributed by atoms with E-state index in [1.807, 2.05) is 18.2 Å². The van der Waals surface area contributed by atoms with E-state index in [4.69, 9.17) is 15.3 Å². The summed E-state index contributed by atoms with van der Waals surface area (Å²) < 4.78 is 12.3. The van der Waals surface area contributed by atoms with Gasteiger partial charge in [0.1, 0.15) is 18.1 Å². The third-order valence-electron chi connectivity index (χ3n) is 6.30. The highest BCUT2D eigenvalue weighted by Crippen LogP contribution is 2.49. The van der Waals surface area contributed by atoms with Crippen molar-refractivity contribution in [1.82, 2.24) is 20.2 Å². The molecule has 1 aromatic carbocycles. The number of nitrogens with two attached hydrogens (primary N) is 1. The number of thioether (sulfide) groups is 1. The molecule has 162 valence electrons. The standard InChI is InChI=1S/C21H29N5O3S/c1-13(18-9-14-6-7-15(18)8-14)23-20(27)12-30-21-25-24-19(26(21)22)11-29-17-5-3-4-16(10-17)28-2/h3-5,10,13-15,18H,6-9,11-12,22H2,1-2H3,(H,23,27). The summed E-state index contributed by atoms with van der Waals surface area (Å²) in [6.07, 6.45) is 5.29. The van der Waals surface area contributed by atoms with Crippen LogP contribution in [0.2, 0.25) is 0 Å². The summed E-state index contributed by atoms with van der Waals surface area (Å²) >= 11 is 1.28. The zero-order chi connectivity index (χ0) is 21.1. The quantitative estimate of drug-likeness (QED) is 0.464. The monoisotopic (exact) mass is 431 g/mol. The van der Waals surface area contributed by atoms with Crippen molar-refractivity contribution in [1.29, 1.82) is 0 Å². The van der Waals surface area contributed by atoms with Gasteiger partial charge in [0.15, 0.2) is 5.82 Å². The Labute approximate surface area is 180 Å². The van der Waals surface area contributed by atoms with Crippen LogP contribution in [0.1, 0.15) is 38.4 Å². The molecule has 0 radical (unpaired) electrons. The first kappa shape index (κ1) is 20.8. The minimum atomic E-state index is 0.00690. The van der Waals surface area contributed by atoms with Crippen LogP contribution in [-0.4, -0.2) is 39.7 Å². The molecular formula is C21H29N5O3S. The van der Waals surface area contributed by atoms with Crippen molar-refractivity contribution in [3.8, 4) is 11.5 Å². The largest absolute Gasteiger partial charge is 0.497 e. The van der Waals surface area contributed by atoms with E-state index >= 15 is 0 Å². The lowest BCUT2D eigenvalue weighted by molar-refractivity contribution is -0.119. The van der Waals surface area contributed by atoms with Gasteiger partial charge in [0.2, 0.25) is 11.1 Å². The Morgan fingerprint density at radius 2 is 2.17 bits per heavy atom. The summed E-state index contributed by atoms with van der Waals surface area (Å²) in [4.78, 5) is 12.4. The highest BCUT2D eigenvalue weighted by molar-refractivity contribution is 7.99. The first-order valence-electron chi connectivity index (χ1n) is 10.4. The SMILES string of the molecule is COc1cccc(OCc2nnc(SCC(=O)NC(C)C3CC4CCC3C4)n2N)c1. The smallest absolute Gasteiger partial charge is 0.230 e. The molecule has 1 heterocycles. The fourth-order valence-electron chi connectivity index (χ4n) is 4.78. The van der Waals surface area contributed by atoms with Crippen LogP contribution in [0.25, 0.3) is 0 Å². The molecule has 9 heteroatoms. The normalized spacial score (nSPS) is 23.3. The van der Waals surface area contributed by atoms with E-state index in [0.717, 1.165) is 11.8 Å². The number of benzene rings is 1. The van der Waals surface area contributed by atoms with E-state index in [0.29, 0.717) is 28.4 Å². The summed E-state index contributed by atoms with van der Waals surface area (Å²) in [6, 6.07) is 7.52. The molecule has 4 rings (SSSR count). The van der Waals surface area contributed by atoms with Gasteiger partial charge in [-0.1, -0.05) is 24.2 Å². The number of hydrogen-bond acceptors (Lipinski definition) is 7. The van der Waals surface area contributed by atoms with E-state index in [9.17, 15) is 4.79 Å². The first-order chi connectivity index (χ1) is 14.5. The second-order valence-electron chi connectivity index (χ2n) is 8.22. The van der Waals surface area contributed by atoms with Crippen LogP contribution in [0.3, 0.4) is 0 Å². The van der Waals surface area contributed by atoms with Gasteiger partial charge in [0, 0.05) is 12.1 Å². The maximum atomic E-state index is 12.4. The molecule has 2 bridgehead atoms. The number of rotatable bonds is 9. The summed E-state index contributed by atoms with van der Waals surface area (Å²) in [7, 11) is 1.60. The Balaban J connectivity index is 1.25. The van der Waals surface area contributed by atoms with Gasteiger partial charge in [-0.25, -0.2) is 4.68 Å². The minimum absolute atomic E-state index is 0.00690. The molecule has 0 saturated heterocycles. The van der Waals surface area contributed by atoms with Crippen molar-refractivity contribution in [3.63, 3.8) is 0 Å². The topological polar surface area (TPSA) is 104 Å². The third-order valence-corrected chi connectivity index (χ3v) is 7.24. The molecule has 4 atom stereocenters. The number of methoxy groups -OCH3 is 1. The van der Waals surface area contributed by atoms with Gasteiger partial charge in [0.25, 0.3) is 0 Å². The molecule has 1 aromatic heterocycles. The summed E-state index contributed by atoms with van der Waals surface area (Å²) in [5.74, 6) is 10.5. The highest BCUT2D eigenvalue weighted by Gasteiger charge is 2.42. The summed E-state index contributed by atoms with van der Waals surface area (Å²) in [6.45, 7) is 2.30. The molecule has 3 N–H and O–H groups in total. The molecule has 2 saturated carbocycles. The first-order valence-corrected chi connectivity index (χ1v) is 11.4. The van der Waals surface area contributed by atoms with Gasteiger partial charge in [-0.2, -0.15) is 0 Å². The maximum absolute atomic E-state index is 12.4. The number of aromatic nitrogens is 3. The molecule has 2 aromatic rings. The van der Waals surface area contributed by atoms with Crippen molar-refractivity contribution in [2.75, 3.05) is 18.7 Å². The number of nitrogen functional groups attached to an aromatic ring is 1. The van der Waals surface area contributed by atoms with Crippen LogP contribution in [-0.2, 0) is 11.4 Å². The van der Waals surface area contributed by atoms with Crippen molar-refractivity contribution < 1.29 is 14.3 Å². The van der Waals surface area contributed by atoms with E-state index in [-0.39, 0.29) is 24.3 Å². The van der Waals surface area contributed by atoms with Crippen molar-refractivity contribution in [2.45, 2.75) is 50.4 Å². The van der Waals surface area contributed by atoms with Crippen molar-refractivity contribution in [2.24, 2.45) is 17.8 Å². The Morgan fingerprint density at radius 3 is 2.90 bits per heavy atom. The average Bonchev–Trinajstić information content (AvgIpc) is 3.47. The molecule has 1 amide bonds. The molecule has 2 aliphatic rings. The number of carbonyl (C=O) groups excluding carboxylic acids is 1. The van der Waals surface area contributed by atoms with Crippen molar-refractivity contribution in [3.05, 3.63) is 30.1 Å². The van der Waals surface area contributed by atoms with Crippen LogP contribution in [0, 0.1) is 17.8 Å². The average molecular weight is 432 g/mol. The zero-order valence-corrected chi connectivity index (χ0v) is 18.2. The number of fused-ring (bicyclic) bond motifs is 2. The lowest BCUT2D eigenvalue weighted by Crippen LogP contribution is -2.41. The Morgan fingerprint density at radius 1 is 1.33 bits per heavy atom. The summed E-state index contributed by atoms with van der Waals surface area (Å²) in [5, 5.41) is 11.8. The van der Waals surface area contributed by atoms with E-state index in [2.05, 4.69) is 22.4 Å². The van der Waals surface area contributed by atoms with Crippen LogP contribution >= 0.6 is 11.8 Å².